The van der Waals surface area contributed by atoms with Gasteiger partial charge in [-0.2, -0.15) is 0 Å². The van der Waals surface area contributed by atoms with E-state index >= 15 is 0 Å². The van der Waals surface area contributed by atoms with Crippen LogP contribution in [0.15, 0.2) is 24.3 Å². The third-order valence-electron chi connectivity index (χ3n) is 3.00. The fourth-order valence-electron chi connectivity index (χ4n) is 1.99. The fourth-order valence-corrected chi connectivity index (χ4v) is 2.93. The standard InChI is InChI=1S/C16H19NO4S/c1-11-17-14(10-15(18)20-3)16(22-11)12-5-4-6-13(9-12)21-8-7-19-2/h4-6,9H,7-8,10H2,1-3H3. The van der Waals surface area contributed by atoms with Crippen molar-refractivity contribution in [3.8, 4) is 16.2 Å². The van der Waals surface area contributed by atoms with Crippen LogP contribution < -0.4 is 4.74 Å². The number of methoxy groups -OCH3 is 2. The minimum absolute atomic E-state index is 0.172. The van der Waals surface area contributed by atoms with Crippen LogP contribution in [0.4, 0.5) is 0 Å². The molecule has 0 radical (unpaired) electrons. The number of hydrogen-bond acceptors (Lipinski definition) is 6. The van der Waals surface area contributed by atoms with Crippen LogP contribution in [0, 0.1) is 6.92 Å². The van der Waals surface area contributed by atoms with Crippen molar-refractivity contribution in [3.05, 3.63) is 35.0 Å². The second kappa shape index (κ2) is 7.91. The molecule has 0 saturated heterocycles. The molecule has 1 aromatic carbocycles. The molecule has 22 heavy (non-hydrogen) atoms. The molecule has 0 aliphatic heterocycles. The van der Waals surface area contributed by atoms with E-state index in [0.29, 0.717) is 13.2 Å². The molecular weight excluding hydrogens is 302 g/mol. The number of aromatic nitrogens is 1. The quantitative estimate of drug-likeness (QED) is 0.580. The van der Waals surface area contributed by atoms with Gasteiger partial charge < -0.3 is 14.2 Å². The first-order valence-electron chi connectivity index (χ1n) is 6.89. The highest BCUT2D eigenvalue weighted by Crippen LogP contribution is 2.32. The number of carbonyl (C=O) groups is 1. The van der Waals surface area contributed by atoms with E-state index in [4.69, 9.17) is 14.2 Å². The molecule has 0 N–H and O–H groups in total. The summed E-state index contributed by atoms with van der Waals surface area (Å²) in [5.41, 5.74) is 1.72. The first-order chi connectivity index (χ1) is 10.6. The van der Waals surface area contributed by atoms with Crippen LogP contribution in [0.25, 0.3) is 10.4 Å². The highest BCUT2D eigenvalue weighted by Gasteiger charge is 2.15. The summed E-state index contributed by atoms with van der Waals surface area (Å²) < 4.78 is 15.3. The zero-order chi connectivity index (χ0) is 15.9. The van der Waals surface area contributed by atoms with Gasteiger partial charge in [0.25, 0.3) is 0 Å². The first-order valence-corrected chi connectivity index (χ1v) is 7.71. The average Bonchev–Trinajstić information content (AvgIpc) is 2.88. The maximum absolute atomic E-state index is 11.5. The van der Waals surface area contributed by atoms with Gasteiger partial charge in [0.2, 0.25) is 0 Å². The molecule has 5 nitrogen and oxygen atoms in total. The molecule has 0 bridgehead atoms. The van der Waals surface area contributed by atoms with E-state index in [0.717, 1.165) is 26.9 Å². The van der Waals surface area contributed by atoms with Crippen molar-refractivity contribution in [2.24, 2.45) is 0 Å². The van der Waals surface area contributed by atoms with Crippen molar-refractivity contribution < 1.29 is 19.0 Å². The summed E-state index contributed by atoms with van der Waals surface area (Å²) >= 11 is 1.56. The van der Waals surface area contributed by atoms with Gasteiger partial charge >= 0.3 is 5.97 Å². The van der Waals surface area contributed by atoms with E-state index in [1.165, 1.54) is 7.11 Å². The van der Waals surface area contributed by atoms with Gasteiger partial charge in [0.05, 0.1) is 35.7 Å². The van der Waals surface area contributed by atoms with E-state index in [1.54, 1.807) is 18.4 Å². The first kappa shape index (κ1) is 16.5. The number of ether oxygens (including phenoxy) is 3. The van der Waals surface area contributed by atoms with E-state index in [1.807, 2.05) is 31.2 Å². The third-order valence-corrected chi connectivity index (χ3v) is 4.06. The van der Waals surface area contributed by atoms with E-state index in [-0.39, 0.29) is 12.4 Å². The number of carbonyl (C=O) groups excluding carboxylic acids is 1. The smallest absolute Gasteiger partial charge is 0.311 e. The maximum Gasteiger partial charge on any atom is 0.311 e. The zero-order valence-electron chi connectivity index (χ0n) is 12.9. The number of benzene rings is 1. The van der Waals surface area contributed by atoms with Crippen LogP contribution in [0.2, 0.25) is 0 Å². The van der Waals surface area contributed by atoms with Crippen LogP contribution in [0.5, 0.6) is 5.75 Å². The Morgan fingerprint density at radius 3 is 2.82 bits per heavy atom. The lowest BCUT2D eigenvalue weighted by atomic mass is 10.1. The van der Waals surface area contributed by atoms with Gasteiger partial charge in [-0.05, 0) is 24.6 Å². The SMILES string of the molecule is COCCOc1cccc(-c2sc(C)nc2CC(=O)OC)c1. The van der Waals surface area contributed by atoms with Crippen molar-refractivity contribution in [3.63, 3.8) is 0 Å². The van der Waals surface area contributed by atoms with E-state index < -0.39 is 0 Å². The molecule has 0 spiro atoms. The molecule has 2 aromatic rings. The number of hydrogen-bond donors (Lipinski definition) is 0. The van der Waals surface area contributed by atoms with Crippen molar-refractivity contribution in [1.29, 1.82) is 0 Å². The Hall–Kier alpha value is -1.92. The molecule has 118 valence electrons. The van der Waals surface area contributed by atoms with Crippen molar-refractivity contribution in [2.45, 2.75) is 13.3 Å². The van der Waals surface area contributed by atoms with Gasteiger partial charge in [0.1, 0.15) is 12.4 Å². The Morgan fingerprint density at radius 2 is 2.09 bits per heavy atom. The molecule has 0 unspecified atom stereocenters. The summed E-state index contributed by atoms with van der Waals surface area (Å²) in [5.74, 6) is 0.476. The number of nitrogens with zero attached hydrogens (tertiary/aromatic N) is 1. The normalized spacial score (nSPS) is 10.5. The number of rotatable bonds is 7. The molecule has 0 atom stereocenters. The van der Waals surface area contributed by atoms with Gasteiger partial charge in [-0.1, -0.05) is 12.1 Å². The molecule has 1 heterocycles. The summed E-state index contributed by atoms with van der Waals surface area (Å²) in [5, 5.41) is 0.916. The second-order valence-corrected chi connectivity index (χ2v) is 5.83. The van der Waals surface area contributed by atoms with Gasteiger partial charge in [-0.15, -0.1) is 11.3 Å². The monoisotopic (exact) mass is 321 g/mol. The molecule has 1 aromatic heterocycles. The molecule has 6 heteroatoms. The summed E-state index contributed by atoms with van der Waals surface area (Å²) in [4.78, 5) is 16.9. The van der Waals surface area contributed by atoms with Crippen molar-refractivity contribution in [1.82, 2.24) is 4.98 Å². The maximum atomic E-state index is 11.5. The summed E-state index contributed by atoms with van der Waals surface area (Å²) in [6.07, 6.45) is 0.172. The average molecular weight is 321 g/mol. The molecule has 0 saturated carbocycles. The van der Waals surface area contributed by atoms with E-state index in [9.17, 15) is 4.79 Å². The summed E-state index contributed by atoms with van der Waals surface area (Å²) in [6.45, 7) is 2.96. The zero-order valence-corrected chi connectivity index (χ0v) is 13.7. The molecule has 0 aliphatic carbocycles. The minimum Gasteiger partial charge on any atom is -0.491 e. The van der Waals surface area contributed by atoms with Crippen LogP contribution in [-0.2, 0) is 20.7 Å². The lowest BCUT2D eigenvalue weighted by molar-refractivity contribution is -0.139. The van der Waals surface area contributed by atoms with Crippen LogP contribution >= 0.6 is 11.3 Å². The van der Waals surface area contributed by atoms with Gasteiger partial charge in [-0.3, -0.25) is 4.79 Å². The fraction of sp³-hybridized carbons (Fsp3) is 0.375. The topological polar surface area (TPSA) is 57.7 Å². The highest BCUT2D eigenvalue weighted by atomic mass is 32.1. The number of aryl methyl sites for hydroxylation is 1. The predicted octanol–water partition coefficient (Wildman–Crippen LogP) is 2.86. The lowest BCUT2D eigenvalue weighted by Gasteiger charge is -2.07. The van der Waals surface area contributed by atoms with Gasteiger partial charge in [0.15, 0.2) is 0 Å². The Balaban J connectivity index is 2.23. The summed E-state index contributed by atoms with van der Waals surface area (Å²) in [7, 11) is 3.02. The second-order valence-electron chi connectivity index (χ2n) is 4.63. The Kier molecular flexibility index (Phi) is 5.91. The molecule has 0 aliphatic rings. The van der Waals surface area contributed by atoms with Crippen molar-refractivity contribution >= 4 is 17.3 Å². The Labute approximate surface area is 133 Å². The third kappa shape index (κ3) is 4.29. The molecule has 0 fully saturated rings. The number of thiazole rings is 1. The van der Waals surface area contributed by atoms with Crippen LogP contribution in [0.3, 0.4) is 0 Å². The molecule has 0 amide bonds. The van der Waals surface area contributed by atoms with Crippen LogP contribution in [0.1, 0.15) is 10.7 Å². The lowest BCUT2D eigenvalue weighted by Crippen LogP contribution is -2.06. The van der Waals surface area contributed by atoms with E-state index in [2.05, 4.69) is 4.98 Å². The molecule has 2 rings (SSSR count). The highest BCUT2D eigenvalue weighted by molar-refractivity contribution is 7.15. The molecular formula is C16H19NO4S. The van der Waals surface area contributed by atoms with Crippen molar-refractivity contribution in [2.75, 3.05) is 27.4 Å². The van der Waals surface area contributed by atoms with Crippen LogP contribution in [-0.4, -0.2) is 38.4 Å². The Morgan fingerprint density at radius 1 is 1.27 bits per heavy atom. The van der Waals surface area contributed by atoms with Gasteiger partial charge in [0, 0.05) is 7.11 Å². The van der Waals surface area contributed by atoms with Gasteiger partial charge in [-0.25, -0.2) is 4.98 Å². The predicted molar refractivity (Wildman–Crippen MR) is 85.4 cm³/mol. The minimum atomic E-state index is -0.293. The summed E-state index contributed by atoms with van der Waals surface area (Å²) in [6, 6.07) is 7.75. The number of esters is 1. The Bertz CT molecular complexity index is 639. The largest absolute Gasteiger partial charge is 0.491 e.